The second-order valence-electron chi connectivity index (χ2n) is 7.05. The van der Waals surface area contributed by atoms with Crippen molar-refractivity contribution in [1.82, 2.24) is 15.0 Å². The number of hydrogen-bond acceptors (Lipinski definition) is 6. The first-order chi connectivity index (χ1) is 11.9. The molecule has 3 fully saturated rings. The topological polar surface area (TPSA) is 54.6 Å². The molecule has 0 radical (unpaired) electrons. The van der Waals surface area contributed by atoms with Gasteiger partial charge in [-0.05, 0) is 18.4 Å². The number of hydrogen-bond donors (Lipinski definition) is 0. The zero-order valence-electron chi connectivity index (χ0n) is 13.7. The van der Waals surface area contributed by atoms with Crippen LogP contribution in [0.25, 0.3) is 0 Å². The summed E-state index contributed by atoms with van der Waals surface area (Å²) >= 11 is 0. The first kappa shape index (κ1) is 14.4. The SMILES string of the molecule is c1ccc(CN2CCO[C@@H]3CN(c4nc(C5CC5)no4)C[C@@H]32)cc1. The van der Waals surface area contributed by atoms with E-state index in [0.29, 0.717) is 18.0 Å². The van der Waals surface area contributed by atoms with E-state index in [0.717, 1.165) is 38.6 Å². The minimum Gasteiger partial charge on any atom is -0.373 e. The number of nitrogens with zero attached hydrogens (tertiary/aromatic N) is 4. The van der Waals surface area contributed by atoms with Gasteiger partial charge in [-0.3, -0.25) is 4.90 Å². The summed E-state index contributed by atoms with van der Waals surface area (Å²) in [6, 6.07) is 11.7. The van der Waals surface area contributed by atoms with Gasteiger partial charge in [0, 0.05) is 25.6 Å². The number of aromatic nitrogens is 2. The third-order valence-corrected chi connectivity index (χ3v) is 5.29. The molecule has 1 saturated carbocycles. The van der Waals surface area contributed by atoms with E-state index >= 15 is 0 Å². The standard InChI is InChI=1S/C18H22N4O2/c1-2-4-13(5-3-1)10-21-8-9-23-16-12-22(11-15(16)21)18-19-17(20-24-18)14-6-7-14/h1-5,14-16H,6-12H2/t15-,16+/m0/s1. The van der Waals surface area contributed by atoms with Crippen LogP contribution in [0.15, 0.2) is 34.9 Å². The van der Waals surface area contributed by atoms with Gasteiger partial charge in [0.2, 0.25) is 0 Å². The third kappa shape index (κ3) is 2.70. The summed E-state index contributed by atoms with van der Waals surface area (Å²) in [6.45, 7) is 4.46. The summed E-state index contributed by atoms with van der Waals surface area (Å²) in [5, 5.41) is 4.14. The van der Waals surface area contributed by atoms with Gasteiger partial charge in [0.1, 0.15) is 0 Å². The molecule has 6 nitrogen and oxygen atoms in total. The van der Waals surface area contributed by atoms with Crippen LogP contribution >= 0.6 is 0 Å². The minimum absolute atomic E-state index is 0.221. The van der Waals surface area contributed by atoms with Gasteiger partial charge in [-0.2, -0.15) is 4.98 Å². The molecule has 126 valence electrons. The summed E-state index contributed by atoms with van der Waals surface area (Å²) in [6.07, 6.45) is 2.61. The highest BCUT2D eigenvalue weighted by atomic mass is 16.5. The first-order valence-corrected chi connectivity index (χ1v) is 8.85. The molecule has 2 atom stereocenters. The lowest BCUT2D eigenvalue weighted by Gasteiger charge is -2.36. The van der Waals surface area contributed by atoms with Gasteiger partial charge >= 0.3 is 6.01 Å². The van der Waals surface area contributed by atoms with Crippen LogP contribution < -0.4 is 4.90 Å². The van der Waals surface area contributed by atoms with E-state index in [9.17, 15) is 0 Å². The molecule has 2 saturated heterocycles. The van der Waals surface area contributed by atoms with E-state index in [1.807, 2.05) is 0 Å². The molecule has 0 amide bonds. The van der Waals surface area contributed by atoms with Crippen molar-refractivity contribution < 1.29 is 9.26 Å². The Morgan fingerprint density at radius 1 is 1.12 bits per heavy atom. The molecule has 1 aromatic heterocycles. The molecular formula is C18H22N4O2. The summed E-state index contributed by atoms with van der Waals surface area (Å²) in [5.41, 5.74) is 1.35. The number of fused-ring (bicyclic) bond motifs is 1. The molecule has 2 aromatic rings. The average Bonchev–Trinajstić information content (AvgIpc) is 3.18. The van der Waals surface area contributed by atoms with Crippen LogP contribution in [0.4, 0.5) is 6.01 Å². The summed E-state index contributed by atoms with van der Waals surface area (Å²) in [5.74, 6) is 1.40. The number of ether oxygens (including phenoxy) is 1. The van der Waals surface area contributed by atoms with Crippen LogP contribution in [0, 0.1) is 0 Å². The number of rotatable bonds is 4. The van der Waals surface area contributed by atoms with Crippen molar-refractivity contribution >= 4 is 6.01 Å². The lowest BCUT2D eigenvalue weighted by molar-refractivity contribution is -0.0499. The Morgan fingerprint density at radius 3 is 2.83 bits per heavy atom. The summed E-state index contributed by atoms with van der Waals surface area (Å²) in [4.78, 5) is 9.32. The summed E-state index contributed by atoms with van der Waals surface area (Å²) in [7, 11) is 0. The predicted octanol–water partition coefficient (Wildman–Crippen LogP) is 2.04. The maximum atomic E-state index is 6.01. The van der Waals surface area contributed by atoms with Crippen LogP contribution in [0.1, 0.15) is 30.1 Å². The van der Waals surface area contributed by atoms with Crippen LogP contribution in [0.2, 0.25) is 0 Å². The summed E-state index contributed by atoms with van der Waals surface area (Å²) < 4.78 is 11.5. The van der Waals surface area contributed by atoms with Crippen molar-refractivity contribution in [3.8, 4) is 0 Å². The van der Waals surface area contributed by atoms with E-state index in [4.69, 9.17) is 9.26 Å². The second kappa shape index (κ2) is 5.86. The van der Waals surface area contributed by atoms with Crippen molar-refractivity contribution in [2.45, 2.75) is 37.5 Å². The highest BCUT2D eigenvalue weighted by Crippen LogP contribution is 2.39. The molecule has 6 heteroatoms. The van der Waals surface area contributed by atoms with Gasteiger partial charge in [-0.15, -0.1) is 0 Å². The largest absolute Gasteiger partial charge is 0.373 e. The zero-order chi connectivity index (χ0) is 15.9. The second-order valence-corrected chi connectivity index (χ2v) is 7.05. The van der Waals surface area contributed by atoms with E-state index < -0.39 is 0 Å². The van der Waals surface area contributed by atoms with Gasteiger partial charge < -0.3 is 14.2 Å². The fraction of sp³-hybridized carbons (Fsp3) is 0.556. The molecule has 0 bridgehead atoms. The Bertz CT molecular complexity index is 700. The fourth-order valence-corrected chi connectivity index (χ4v) is 3.79. The fourth-order valence-electron chi connectivity index (χ4n) is 3.79. The van der Waals surface area contributed by atoms with E-state index in [1.165, 1.54) is 18.4 Å². The van der Waals surface area contributed by atoms with Gasteiger partial charge in [0.05, 0.1) is 25.3 Å². The lowest BCUT2D eigenvalue weighted by atomic mass is 10.1. The molecule has 0 spiro atoms. The molecule has 2 aliphatic heterocycles. The van der Waals surface area contributed by atoms with Crippen molar-refractivity contribution in [3.05, 3.63) is 41.7 Å². The smallest absolute Gasteiger partial charge is 0.324 e. The lowest BCUT2D eigenvalue weighted by Crippen LogP contribution is -2.50. The van der Waals surface area contributed by atoms with E-state index in [-0.39, 0.29) is 6.10 Å². The molecule has 0 N–H and O–H groups in total. The van der Waals surface area contributed by atoms with Gasteiger partial charge in [0.25, 0.3) is 0 Å². The normalized spacial score (nSPS) is 27.4. The quantitative estimate of drug-likeness (QED) is 0.857. The van der Waals surface area contributed by atoms with Crippen molar-refractivity contribution in [2.75, 3.05) is 31.1 Å². The molecular weight excluding hydrogens is 304 g/mol. The highest BCUT2D eigenvalue weighted by Gasteiger charge is 2.42. The Kier molecular flexibility index (Phi) is 3.52. The molecule has 24 heavy (non-hydrogen) atoms. The van der Waals surface area contributed by atoms with Crippen LogP contribution in [-0.2, 0) is 11.3 Å². The maximum absolute atomic E-state index is 6.01. The van der Waals surface area contributed by atoms with Gasteiger partial charge in [-0.25, -0.2) is 0 Å². The van der Waals surface area contributed by atoms with E-state index in [2.05, 4.69) is 50.3 Å². The van der Waals surface area contributed by atoms with Crippen molar-refractivity contribution in [3.63, 3.8) is 0 Å². The van der Waals surface area contributed by atoms with E-state index in [1.54, 1.807) is 0 Å². The number of anilines is 1. The highest BCUT2D eigenvalue weighted by molar-refractivity contribution is 5.31. The Morgan fingerprint density at radius 2 is 2.00 bits per heavy atom. The molecule has 1 aliphatic carbocycles. The third-order valence-electron chi connectivity index (χ3n) is 5.29. The molecule has 3 aliphatic rings. The monoisotopic (exact) mass is 326 g/mol. The van der Waals surface area contributed by atoms with Gasteiger partial charge in [-0.1, -0.05) is 35.5 Å². The molecule has 5 rings (SSSR count). The molecule has 3 heterocycles. The predicted molar refractivity (Wildman–Crippen MR) is 88.9 cm³/mol. The van der Waals surface area contributed by atoms with Crippen LogP contribution in [0.5, 0.6) is 0 Å². The molecule has 0 unspecified atom stereocenters. The van der Waals surface area contributed by atoms with Crippen LogP contribution in [-0.4, -0.2) is 53.4 Å². The Hall–Kier alpha value is -1.92. The molecule has 1 aromatic carbocycles. The van der Waals surface area contributed by atoms with Gasteiger partial charge in [0.15, 0.2) is 5.82 Å². The zero-order valence-corrected chi connectivity index (χ0v) is 13.7. The van der Waals surface area contributed by atoms with Crippen LogP contribution in [0.3, 0.4) is 0 Å². The minimum atomic E-state index is 0.221. The van der Waals surface area contributed by atoms with Crippen molar-refractivity contribution in [1.29, 1.82) is 0 Å². The number of morpholine rings is 1. The first-order valence-electron chi connectivity index (χ1n) is 8.85. The van der Waals surface area contributed by atoms with Crippen molar-refractivity contribution in [2.24, 2.45) is 0 Å². The maximum Gasteiger partial charge on any atom is 0.324 e. The Balaban J connectivity index is 1.30. The Labute approximate surface area is 141 Å². The number of benzene rings is 1. The average molecular weight is 326 g/mol.